The van der Waals surface area contributed by atoms with Crippen molar-refractivity contribution in [2.45, 2.75) is 27.3 Å². The predicted octanol–water partition coefficient (Wildman–Crippen LogP) is 5.95. The summed E-state index contributed by atoms with van der Waals surface area (Å²) in [6, 6.07) is 20.6. The Bertz CT molecular complexity index is 1360. The molecule has 0 saturated heterocycles. The summed E-state index contributed by atoms with van der Waals surface area (Å²) in [5.41, 5.74) is 5.36. The molecule has 5 heteroatoms. The number of pyridine rings is 1. The summed E-state index contributed by atoms with van der Waals surface area (Å²) >= 11 is 6.33. The molecule has 0 fully saturated rings. The van der Waals surface area contributed by atoms with Crippen LogP contribution < -0.4 is 10.5 Å². The zero-order valence-electron chi connectivity index (χ0n) is 17.7. The number of aromatic nitrogens is 1. The van der Waals surface area contributed by atoms with Crippen molar-refractivity contribution in [1.29, 1.82) is 0 Å². The van der Waals surface area contributed by atoms with Gasteiger partial charge in [-0.3, -0.25) is 9.59 Å². The Morgan fingerprint density at radius 3 is 2.39 bits per heavy atom. The van der Waals surface area contributed by atoms with Gasteiger partial charge in [0.25, 0.3) is 11.5 Å². The fourth-order valence-corrected chi connectivity index (χ4v) is 4.02. The predicted molar refractivity (Wildman–Crippen MR) is 127 cm³/mol. The maximum absolute atomic E-state index is 13.6. The fourth-order valence-electron chi connectivity index (χ4n) is 3.80. The molecule has 0 aliphatic carbocycles. The van der Waals surface area contributed by atoms with Gasteiger partial charge in [-0.1, -0.05) is 53.6 Å². The number of halogens is 1. The molecule has 0 aliphatic rings. The smallest absolute Gasteiger partial charge is 0.260 e. The highest BCUT2D eigenvalue weighted by Gasteiger charge is 2.23. The Kier molecular flexibility index (Phi) is 5.66. The zero-order valence-corrected chi connectivity index (χ0v) is 18.5. The summed E-state index contributed by atoms with van der Waals surface area (Å²) in [5.74, 6) is -0.249. The third-order valence-corrected chi connectivity index (χ3v) is 5.73. The van der Waals surface area contributed by atoms with Crippen LogP contribution in [-0.4, -0.2) is 10.9 Å². The summed E-state index contributed by atoms with van der Waals surface area (Å²) < 4.78 is 0. The van der Waals surface area contributed by atoms with Crippen molar-refractivity contribution in [3.63, 3.8) is 0 Å². The van der Waals surface area contributed by atoms with Crippen LogP contribution in [0.2, 0.25) is 5.02 Å². The van der Waals surface area contributed by atoms with Crippen LogP contribution in [0.4, 0.5) is 5.69 Å². The van der Waals surface area contributed by atoms with Crippen LogP contribution >= 0.6 is 11.6 Å². The van der Waals surface area contributed by atoms with Crippen molar-refractivity contribution in [2.24, 2.45) is 0 Å². The van der Waals surface area contributed by atoms with Gasteiger partial charge in [-0.2, -0.15) is 0 Å². The summed E-state index contributed by atoms with van der Waals surface area (Å²) in [5, 5.41) is 1.30. The molecule has 4 rings (SSSR count). The lowest BCUT2D eigenvalue weighted by Crippen LogP contribution is -2.33. The average molecular weight is 431 g/mol. The summed E-state index contributed by atoms with van der Waals surface area (Å²) in [6.07, 6.45) is 0. The third kappa shape index (κ3) is 4.25. The van der Waals surface area contributed by atoms with Crippen molar-refractivity contribution < 1.29 is 4.79 Å². The molecule has 1 amide bonds. The highest BCUT2D eigenvalue weighted by atomic mass is 35.5. The number of H-pyrrole nitrogens is 1. The Morgan fingerprint density at radius 2 is 1.65 bits per heavy atom. The van der Waals surface area contributed by atoms with E-state index in [0.29, 0.717) is 16.1 Å². The zero-order chi connectivity index (χ0) is 22.1. The van der Waals surface area contributed by atoms with E-state index in [-0.39, 0.29) is 18.0 Å². The van der Waals surface area contributed by atoms with Gasteiger partial charge >= 0.3 is 0 Å². The second kappa shape index (κ2) is 8.40. The van der Waals surface area contributed by atoms with E-state index in [9.17, 15) is 9.59 Å². The van der Waals surface area contributed by atoms with Crippen LogP contribution in [0.25, 0.3) is 10.9 Å². The highest BCUT2D eigenvalue weighted by Crippen LogP contribution is 2.27. The van der Waals surface area contributed by atoms with Crippen molar-refractivity contribution >= 4 is 34.1 Å². The number of nitrogens with zero attached hydrogens (tertiary/aromatic N) is 1. The number of hydrogen-bond acceptors (Lipinski definition) is 2. The SMILES string of the molecule is Cc1ccc(N(Cc2cc3ccc(C)cc3[nH]c2=O)C(=O)c2ccccc2Cl)c(C)c1. The fraction of sp³-hybridized carbons (Fsp3) is 0.154. The van der Waals surface area contributed by atoms with Crippen molar-refractivity contribution in [2.75, 3.05) is 4.90 Å². The second-order valence-electron chi connectivity index (χ2n) is 7.88. The van der Waals surface area contributed by atoms with Gasteiger partial charge in [0.05, 0.1) is 17.1 Å². The molecule has 156 valence electrons. The van der Waals surface area contributed by atoms with Crippen molar-refractivity contribution in [3.8, 4) is 0 Å². The summed E-state index contributed by atoms with van der Waals surface area (Å²) in [4.78, 5) is 31.0. The standard InChI is InChI=1S/C26H23ClN2O2/c1-16-9-11-24(18(3)12-16)29(26(31)21-6-4-5-7-22(21)27)15-20-14-19-10-8-17(2)13-23(19)28-25(20)30/h4-14H,15H2,1-3H3,(H,28,30). The molecule has 0 atom stereocenters. The van der Waals surface area contributed by atoms with E-state index in [1.165, 1.54) is 0 Å². The molecule has 0 spiro atoms. The number of hydrogen-bond donors (Lipinski definition) is 1. The third-order valence-electron chi connectivity index (χ3n) is 5.40. The van der Waals surface area contributed by atoms with E-state index in [0.717, 1.165) is 33.3 Å². The molecule has 31 heavy (non-hydrogen) atoms. The Morgan fingerprint density at radius 1 is 0.935 bits per heavy atom. The van der Waals surface area contributed by atoms with Gasteiger partial charge in [0.1, 0.15) is 0 Å². The quantitative estimate of drug-likeness (QED) is 0.434. The Balaban J connectivity index is 1.83. The van der Waals surface area contributed by atoms with Crippen LogP contribution in [0.15, 0.2) is 71.5 Å². The van der Waals surface area contributed by atoms with E-state index in [1.807, 2.05) is 63.2 Å². The number of aromatic amines is 1. The largest absolute Gasteiger partial charge is 0.322 e. The minimum atomic E-state index is -0.249. The van der Waals surface area contributed by atoms with Gasteiger partial charge in [-0.15, -0.1) is 0 Å². The molecular weight excluding hydrogens is 408 g/mol. The van der Waals surface area contributed by atoms with Crippen LogP contribution in [-0.2, 0) is 6.54 Å². The molecule has 1 N–H and O–H groups in total. The Hall–Kier alpha value is -3.37. The number of benzene rings is 3. The molecule has 4 nitrogen and oxygen atoms in total. The maximum atomic E-state index is 13.6. The molecule has 0 radical (unpaired) electrons. The van der Waals surface area contributed by atoms with E-state index in [2.05, 4.69) is 4.98 Å². The van der Waals surface area contributed by atoms with Crippen LogP contribution in [0.3, 0.4) is 0 Å². The first-order chi connectivity index (χ1) is 14.8. The van der Waals surface area contributed by atoms with Crippen molar-refractivity contribution in [3.05, 3.63) is 110 Å². The summed E-state index contributed by atoms with van der Waals surface area (Å²) in [7, 11) is 0. The van der Waals surface area contributed by atoms with Crippen molar-refractivity contribution in [1.82, 2.24) is 4.98 Å². The minimum Gasteiger partial charge on any atom is -0.322 e. The van der Waals surface area contributed by atoms with E-state index in [1.54, 1.807) is 29.2 Å². The molecule has 0 unspecified atom stereocenters. The van der Waals surface area contributed by atoms with Crippen LogP contribution in [0.1, 0.15) is 32.6 Å². The molecule has 4 aromatic rings. The van der Waals surface area contributed by atoms with Gasteiger partial charge in [0, 0.05) is 16.8 Å². The first-order valence-electron chi connectivity index (χ1n) is 10.1. The van der Waals surface area contributed by atoms with Gasteiger partial charge in [0.2, 0.25) is 0 Å². The molecule has 1 heterocycles. The lowest BCUT2D eigenvalue weighted by Gasteiger charge is -2.25. The highest BCUT2D eigenvalue weighted by molar-refractivity contribution is 6.34. The second-order valence-corrected chi connectivity index (χ2v) is 8.28. The molecule has 1 aromatic heterocycles. The van der Waals surface area contributed by atoms with E-state index >= 15 is 0 Å². The molecule has 0 saturated carbocycles. The number of nitrogens with one attached hydrogen (secondary N) is 1. The van der Waals surface area contributed by atoms with E-state index in [4.69, 9.17) is 11.6 Å². The normalized spacial score (nSPS) is 11.0. The first kappa shape index (κ1) is 20.9. The molecular formula is C26H23ClN2O2. The number of aryl methyl sites for hydroxylation is 3. The minimum absolute atomic E-state index is 0.132. The number of fused-ring (bicyclic) bond motifs is 1. The van der Waals surface area contributed by atoms with Gasteiger partial charge in [0.15, 0.2) is 0 Å². The number of rotatable bonds is 4. The lowest BCUT2D eigenvalue weighted by atomic mass is 10.1. The van der Waals surface area contributed by atoms with Crippen LogP contribution in [0, 0.1) is 20.8 Å². The Labute approximate surface area is 186 Å². The number of carbonyl (C=O) groups is 1. The number of anilines is 1. The number of amides is 1. The molecule has 3 aromatic carbocycles. The molecule has 0 aliphatic heterocycles. The monoisotopic (exact) mass is 430 g/mol. The van der Waals surface area contributed by atoms with E-state index < -0.39 is 0 Å². The van der Waals surface area contributed by atoms with Gasteiger partial charge < -0.3 is 9.88 Å². The van der Waals surface area contributed by atoms with Gasteiger partial charge in [-0.25, -0.2) is 0 Å². The maximum Gasteiger partial charge on any atom is 0.260 e. The summed E-state index contributed by atoms with van der Waals surface area (Å²) in [6.45, 7) is 6.08. The first-order valence-corrected chi connectivity index (χ1v) is 10.5. The number of carbonyl (C=O) groups excluding carboxylic acids is 1. The van der Waals surface area contributed by atoms with Crippen LogP contribution in [0.5, 0.6) is 0 Å². The molecule has 0 bridgehead atoms. The topological polar surface area (TPSA) is 53.2 Å². The lowest BCUT2D eigenvalue weighted by molar-refractivity contribution is 0.0985. The van der Waals surface area contributed by atoms with Gasteiger partial charge in [-0.05, 0) is 67.6 Å². The average Bonchev–Trinajstić information content (AvgIpc) is 2.73.